The first-order valence-corrected chi connectivity index (χ1v) is 7.76. The molecule has 2 aromatic rings. The lowest BCUT2D eigenvalue weighted by Crippen LogP contribution is -2.27. The lowest BCUT2D eigenvalue weighted by atomic mass is 10.1. The van der Waals surface area contributed by atoms with E-state index >= 15 is 0 Å². The van der Waals surface area contributed by atoms with Crippen LogP contribution < -0.4 is 0 Å². The zero-order valence-electron chi connectivity index (χ0n) is 11.3. The minimum Gasteiger partial charge on any atom is -0.289 e. The number of rotatable bonds is 3. The maximum Gasteiger partial charge on any atom is 0.266 e. The summed E-state index contributed by atoms with van der Waals surface area (Å²) in [4.78, 5) is 14.5. The van der Waals surface area contributed by atoms with Crippen molar-refractivity contribution in [1.29, 1.82) is 0 Å². The number of nitrogens with zero attached hydrogens (tertiary/aromatic N) is 1. The van der Waals surface area contributed by atoms with Gasteiger partial charge in [0, 0.05) is 6.54 Å². The molecule has 4 heteroatoms. The smallest absolute Gasteiger partial charge is 0.266 e. The number of hydrogen-bond donors (Lipinski definition) is 0. The Morgan fingerprint density at radius 3 is 2.71 bits per heavy atom. The van der Waals surface area contributed by atoms with E-state index in [9.17, 15) is 4.79 Å². The molecule has 2 aromatic carbocycles. The Morgan fingerprint density at radius 1 is 1.19 bits per heavy atom. The van der Waals surface area contributed by atoms with E-state index in [0.29, 0.717) is 15.8 Å². The molecule has 0 aliphatic carbocycles. The number of benzene rings is 2. The van der Waals surface area contributed by atoms with Crippen molar-refractivity contribution in [2.24, 2.45) is 0 Å². The predicted molar refractivity (Wildman–Crippen MR) is 94.0 cm³/mol. The zero-order valence-corrected chi connectivity index (χ0v) is 12.9. The molecule has 0 bridgehead atoms. The lowest BCUT2D eigenvalue weighted by Gasteiger charge is -2.10. The second-order valence-electron chi connectivity index (χ2n) is 4.69. The number of carbonyl (C=O) groups excluding carboxylic acids is 1. The van der Waals surface area contributed by atoms with Gasteiger partial charge < -0.3 is 0 Å². The van der Waals surface area contributed by atoms with Gasteiger partial charge in [-0.1, -0.05) is 66.5 Å². The molecule has 1 aliphatic heterocycles. The van der Waals surface area contributed by atoms with Crippen LogP contribution in [0.3, 0.4) is 0 Å². The summed E-state index contributed by atoms with van der Waals surface area (Å²) in [5, 5.41) is 2.35. The lowest BCUT2D eigenvalue weighted by molar-refractivity contribution is -0.121. The van der Waals surface area contributed by atoms with Gasteiger partial charge in [0.2, 0.25) is 0 Å². The number of carbonyl (C=O) groups is 1. The summed E-state index contributed by atoms with van der Waals surface area (Å²) in [5.74, 6) is -0.0435. The molecule has 1 fully saturated rings. The van der Waals surface area contributed by atoms with Gasteiger partial charge in [-0.3, -0.25) is 9.69 Å². The maximum absolute atomic E-state index is 12.3. The summed E-state index contributed by atoms with van der Waals surface area (Å²) < 4.78 is 0.590. The second kappa shape index (κ2) is 5.84. The van der Waals surface area contributed by atoms with Gasteiger partial charge in [0.15, 0.2) is 0 Å². The summed E-state index contributed by atoms with van der Waals surface area (Å²) in [6, 6.07) is 14.3. The van der Waals surface area contributed by atoms with E-state index in [-0.39, 0.29) is 5.91 Å². The third-order valence-corrected chi connectivity index (χ3v) is 4.63. The normalized spacial score (nSPS) is 17.0. The van der Waals surface area contributed by atoms with Crippen LogP contribution in [0.25, 0.3) is 16.8 Å². The van der Waals surface area contributed by atoms with E-state index in [0.717, 1.165) is 10.9 Å². The average Bonchev–Trinajstić information content (AvgIpc) is 2.75. The molecule has 1 aliphatic rings. The van der Waals surface area contributed by atoms with Crippen molar-refractivity contribution in [3.63, 3.8) is 0 Å². The van der Waals surface area contributed by atoms with Crippen LogP contribution in [0, 0.1) is 0 Å². The van der Waals surface area contributed by atoms with Crippen LogP contribution in [-0.2, 0) is 4.79 Å². The molecule has 2 nitrogen and oxygen atoms in total. The van der Waals surface area contributed by atoms with E-state index in [4.69, 9.17) is 12.2 Å². The molecule has 0 spiro atoms. The highest BCUT2D eigenvalue weighted by Gasteiger charge is 2.30. The molecule has 21 heavy (non-hydrogen) atoms. The van der Waals surface area contributed by atoms with Gasteiger partial charge in [0.05, 0.1) is 4.91 Å². The first kappa shape index (κ1) is 14.0. The molecule has 0 unspecified atom stereocenters. The van der Waals surface area contributed by atoms with Gasteiger partial charge in [0.1, 0.15) is 4.32 Å². The van der Waals surface area contributed by atoms with E-state index in [1.807, 2.05) is 24.3 Å². The Kier molecular flexibility index (Phi) is 3.90. The molecule has 3 rings (SSSR count). The van der Waals surface area contributed by atoms with Crippen molar-refractivity contribution in [3.05, 3.63) is 65.6 Å². The van der Waals surface area contributed by atoms with E-state index in [1.54, 1.807) is 11.0 Å². The second-order valence-corrected chi connectivity index (χ2v) is 6.36. The quantitative estimate of drug-likeness (QED) is 0.481. The molecule has 0 atom stereocenters. The molecule has 0 radical (unpaired) electrons. The highest BCUT2D eigenvalue weighted by atomic mass is 32.2. The molecule has 104 valence electrons. The first-order valence-electron chi connectivity index (χ1n) is 6.54. The Balaban J connectivity index is 1.95. The highest BCUT2D eigenvalue weighted by molar-refractivity contribution is 8.26. The highest BCUT2D eigenvalue weighted by Crippen LogP contribution is 2.32. The standard InChI is InChI=1S/C17H13NOS2/c1-2-9-18-16(19)15(21-17(18)20)11-12-7-8-13-5-3-4-6-14(13)10-12/h2-8,10-11H,1,9H2/b15-11-. The van der Waals surface area contributed by atoms with Crippen LogP contribution in [0.15, 0.2) is 60.0 Å². The minimum atomic E-state index is -0.0435. The van der Waals surface area contributed by atoms with Crippen molar-refractivity contribution >= 4 is 51.1 Å². The number of amides is 1. The summed E-state index contributed by atoms with van der Waals surface area (Å²) in [5.41, 5.74) is 1.01. The van der Waals surface area contributed by atoms with Crippen molar-refractivity contribution in [1.82, 2.24) is 4.90 Å². The van der Waals surface area contributed by atoms with E-state index < -0.39 is 0 Å². The van der Waals surface area contributed by atoms with Crippen LogP contribution in [-0.4, -0.2) is 21.7 Å². The molecule has 0 N–H and O–H groups in total. The molecule has 0 aromatic heterocycles. The van der Waals surface area contributed by atoms with Gasteiger partial charge in [-0.15, -0.1) is 6.58 Å². The molecule has 0 saturated carbocycles. The Hall–Kier alpha value is -1.91. The number of thioether (sulfide) groups is 1. The third kappa shape index (κ3) is 2.77. The largest absolute Gasteiger partial charge is 0.289 e. The minimum absolute atomic E-state index is 0.0435. The van der Waals surface area contributed by atoms with Gasteiger partial charge in [-0.05, 0) is 28.5 Å². The van der Waals surface area contributed by atoms with E-state index in [2.05, 4.69) is 30.8 Å². The first-order chi connectivity index (χ1) is 10.2. The zero-order chi connectivity index (χ0) is 14.8. The topological polar surface area (TPSA) is 20.3 Å². The van der Waals surface area contributed by atoms with Crippen LogP contribution in [0.4, 0.5) is 0 Å². The summed E-state index contributed by atoms with van der Waals surface area (Å²) in [7, 11) is 0. The fourth-order valence-electron chi connectivity index (χ4n) is 2.24. The Labute approximate surface area is 133 Å². The number of hydrogen-bond acceptors (Lipinski definition) is 3. The Morgan fingerprint density at radius 2 is 1.95 bits per heavy atom. The monoisotopic (exact) mass is 311 g/mol. The summed E-state index contributed by atoms with van der Waals surface area (Å²) in [6.45, 7) is 4.11. The average molecular weight is 311 g/mol. The molecule has 1 saturated heterocycles. The number of thiocarbonyl (C=S) groups is 1. The van der Waals surface area contributed by atoms with Crippen LogP contribution in [0.1, 0.15) is 5.56 Å². The van der Waals surface area contributed by atoms with Gasteiger partial charge >= 0.3 is 0 Å². The van der Waals surface area contributed by atoms with Crippen molar-refractivity contribution in [2.75, 3.05) is 6.54 Å². The fraction of sp³-hybridized carbons (Fsp3) is 0.0588. The third-order valence-electron chi connectivity index (χ3n) is 3.26. The number of fused-ring (bicyclic) bond motifs is 1. The molecule has 1 heterocycles. The Bertz CT molecular complexity index is 779. The summed E-state index contributed by atoms with van der Waals surface area (Å²) >= 11 is 6.58. The molecular formula is C17H13NOS2. The molecular weight excluding hydrogens is 298 g/mol. The van der Waals surface area contributed by atoms with Crippen molar-refractivity contribution in [2.45, 2.75) is 0 Å². The van der Waals surface area contributed by atoms with E-state index in [1.165, 1.54) is 17.1 Å². The SMILES string of the molecule is C=CCN1C(=O)/C(=C/c2ccc3ccccc3c2)SC1=S. The van der Waals surface area contributed by atoms with Gasteiger partial charge in [0.25, 0.3) is 5.91 Å². The van der Waals surface area contributed by atoms with Gasteiger partial charge in [-0.2, -0.15) is 0 Å². The van der Waals surface area contributed by atoms with Crippen LogP contribution in [0.2, 0.25) is 0 Å². The summed E-state index contributed by atoms with van der Waals surface area (Å²) in [6.07, 6.45) is 3.58. The van der Waals surface area contributed by atoms with Crippen molar-refractivity contribution < 1.29 is 4.79 Å². The maximum atomic E-state index is 12.3. The predicted octanol–water partition coefficient (Wildman–Crippen LogP) is 4.23. The van der Waals surface area contributed by atoms with Crippen LogP contribution in [0.5, 0.6) is 0 Å². The van der Waals surface area contributed by atoms with Crippen molar-refractivity contribution in [3.8, 4) is 0 Å². The molecule has 1 amide bonds. The van der Waals surface area contributed by atoms with Crippen LogP contribution >= 0.6 is 24.0 Å². The fourth-order valence-corrected chi connectivity index (χ4v) is 3.51. The van der Waals surface area contributed by atoms with Gasteiger partial charge in [-0.25, -0.2) is 0 Å².